The van der Waals surface area contributed by atoms with E-state index in [1.165, 1.54) is 4.90 Å². The van der Waals surface area contributed by atoms with Crippen LogP contribution in [0.2, 0.25) is 0 Å². The number of hydrogen-bond donors (Lipinski definition) is 1. The monoisotopic (exact) mass is 318 g/mol. The van der Waals surface area contributed by atoms with Gasteiger partial charge >= 0.3 is 0 Å². The molecule has 0 spiro atoms. The Bertz CT molecular complexity index is 604. The van der Waals surface area contributed by atoms with Crippen molar-refractivity contribution in [1.82, 2.24) is 4.90 Å². The highest BCUT2D eigenvalue weighted by atomic mass is 32.2. The van der Waals surface area contributed by atoms with Gasteiger partial charge in [0.1, 0.15) is 5.82 Å². The van der Waals surface area contributed by atoms with Crippen LogP contribution in [0.4, 0.5) is 4.39 Å². The molecule has 1 rings (SSSR count). The lowest BCUT2D eigenvalue weighted by molar-refractivity contribution is 0.0664. The lowest BCUT2D eigenvalue weighted by Gasteiger charge is -2.21. The lowest BCUT2D eigenvalue weighted by Crippen LogP contribution is -2.34. The van der Waals surface area contributed by atoms with E-state index in [0.29, 0.717) is 26.3 Å². The fourth-order valence-corrected chi connectivity index (χ4v) is 2.26. The molecule has 0 heterocycles. The van der Waals surface area contributed by atoms with Crippen molar-refractivity contribution in [3.8, 4) is 0 Å². The Kier molecular flexibility index (Phi) is 6.25. The van der Waals surface area contributed by atoms with E-state index >= 15 is 0 Å². The fourth-order valence-electron chi connectivity index (χ4n) is 1.74. The van der Waals surface area contributed by atoms with Gasteiger partial charge in [0, 0.05) is 19.7 Å². The second-order valence-corrected chi connectivity index (χ2v) is 5.83. The number of rotatable bonds is 7. The summed E-state index contributed by atoms with van der Waals surface area (Å²) in [5.74, 6) is -1.43. The first-order valence-corrected chi connectivity index (χ1v) is 8.05. The molecule has 21 heavy (non-hydrogen) atoms. The zero-order valence-electron chi connectivity index (χ0n) is 12.0. The number of halogens is 1. The van der Waals surface area contributed by atoms with Gasteiger partial charge in [-0.25, -0.2) is 17.9 Å². The molecule has 0 atom stereocenters. The summed E-state index contributed by atoms with van der Waals surface area (Å²) in [6, 6.07) is 2.99. The van der Waals surface area contributed by atoms with Gasteiger partial charge in [-0.1, -0.05) is 0 Å². The molecule has 8 heteroatoms. The number of ether oxygens (including phenoxy) is 1. The third-order valence-corrected chi connectivity index (χ3v) is 3.79. The van der Waals surface area contributed by atoms with Gasteiger partial charge < -0.3 is 9.64 Å². The second kappa shape index (κ2) is 7.48. The first-order valence-electron chi connectivity index (χ1n) is 6.50. The highest BCUT2D eigenvalue weighted by Crippen LogP contribution is 2.15. The van der Waals surface area contributed by atoms with Gasteiger partial charge in [0.05, 0.1) is 17.1 Å². The number of nitrogens with two attached hydrogens (primary N) is 1. The molecule has 1 amide bonds. The Morgan fingerprint density at radius 3 is 2.52 bits per heavy atom. The molecule has 118 valence electrons. The van der Waals surface area contributed by atoms with Crippen molar-refractivity contribution in [3.05, 3.63) is 29.6 Å². The zero-order valence-corrected chi connectivity index (χ0v) is 12.8. The van der Waals surface area contributed by atoms with Crippen LogP contribution in [0, 0.1) is 5.82 Å². The molecule has 2 N–H and O–H groups in total. The smallest absolute Gasteiger partial charge is 0.256 e. The maximum absolute atomic E-state index is 13.9. The van der Waals surface area contributed by atoms with Crippen molar-refractivity contribution >= 4 is 15.9 Å². The first-order chi connectivity index (χ1) is 9.81. The van der Waals surface area contributed by atoms with Gasteiger partial charge in [-0.2, -0.15) is 0 Å². The van der Waals surface area contributed by atoms with Gasteiger partial charge in [0.2, 0.25) is 10.0 Å². The molecule has 0 radical (unpaired) electrons. The van der Waals surface area contributed by atoms with Crippen LogP contribution in [0.15, 0.2) is 23.1 Å². The number of carbonyl (C=O) groups is 1. The summed E-state index contributed by atoms with van der Waals surface area (Å²) in [7, 11) is -4.00. The summed E-state index contributed by atoms with van der Waals surface area (Å²) in [5, 5.41) is 4.91. The number of nitrogens with zero attached hydrogens (tertiary/aromatic N) is 1. The standard InChI is InChI=1S/C13H19FN2O4S/c1-3-16(7-8-20-4-2)13(17)11-6-5-10(9-12(11)14)21(15,18)19/h5-6,9H,3-4,7-8H2,1-2H3,(H2,15,18,19). The van der Waals surface area contributed by atoms with Crippen molar-refractivity contribution in [1.29, 1.82) is 0 Å². The SMILES string of the molecule is CCOCCN(CC)C(=O)c1ccc(S(N)(=O)=O)cc1F. The van der Waals surface area contributed by atoms with E-state index in [0.717, 1.165) is 18.2 Å². The average molecular weight is 318 g/mol. The van der Waals surface area contributed by atoms with E-state index in [-0.39, 0.29) is 10.5 Å². The molecular weight excluding hydrogens is 299 g/mol. The number of hydrogen-bond acceptors (Lipinski definition) is 4. The molecule has 0 aliphatic heterocycles. The normalized spacial score (nSPS) is 11.4. The van der Waals surface area contributed by atoms with E-state index in [1.807, 2.05) is 6.92 Å². The minimum Gasteiger partial charge on any atom is -0.380 e. The summed E-state index contributed by atoms with van der Waals surface area (Å²) in [6.07, 6.45) is 0. The molecule has 1 aromatic carbocycles. The predicted molar refractivity (Wildman–Crippen MR) is 75.8 cm³/mol. The molecule has 0 saturated carbocycles. The highest BCUT2D eigenvalue weighted by Gasteiger charge is 2.20. The van der Waals surface area contributed by atoms with Crippen molar-refractivity contribution in [2.45, 2.75) is 18.7 Å². The van der Waals surface area contributed by atoms with Crippen LogP contribution in [-0.2, 0) is 14.8 Å². The van der Waals surface area contributed by atoms with Crippen molar-refractivity contribution in [2.75, 3.05) is 26.3 Å². The number of amides is 1. The summed E-state index contributed by atoms with van der Waals surface area (Å²) in [5.41, 5.74) is -0.194. The first kappa shape index (κ1) is 17.5. The Balaban J connectivity index is 2.96. The lowest BCUT2D eigenvalue weighted by atomic mass is 10.2. The van der Waals surface area contributed by atoms with E-state index in [4.69, 9.17) is 9.88 Å². The average Bonchev–Trinajstić information content (AvgIpc) is 2.42. The molecule has 1 aromatic rings. The third kappa shape index (κ3) is 4.76. The van der Waals surface area contributed by atoms with Crippen molar-refractivity contribution < 1.29 is 22.3 Å². The van der Waals surface area contributed by atoms with Crippen LogP contribution < -0.4 is 5.14 Å². The quantitative estimate of drug-likeness (QED) is 0.759. The number of sulfonamides is 1. The fraction of sp³-hybridized carbons (Fsp3) is 0.462. The van der Waals surface area contributed by atoms with Crippen molar-refractivity contribution in [2.24, 2.45) is 5.14 Å². The molecule has 0 aliphatic rings. The van der Waals surface area contributed by atoms with Gasteiger partial charge in [-0.3, -0.25) is 4.79 Å². The summed E-state index contributed by atoms with van der Waals surface area (Å²) >= 11 is 0. The Morgan fingerprint density at radius 2 is 2.05 bits per heavy atom. The number of benzene rings is 1. The molecule has 6 nitrogen and oxygen atoms in total. The molecule has 0 fully saturated rings. The van der Waals surface area contributed by atoms with Crippen LogP contribution in [0.25, 0.3) is 0 Å². The van der Waals surface area contributed by atoms with E-state index in [9.17, 15) is 17.6 Å². The van der Waals surface area contributed by atoms with Crippen LogP contribution in [-0.4, -0.2) is 45.5 Å². The molecule has 0 saturated heterocycles. The van der Waals surface area contributed by atoms with E-state index in [1.54, 1.807) is 6.92 Å². The maximum Gasteiger partial charge on any atom is 0.256 e. The minimum absolute atomic E-state index is 0.194. The topological polar surface area (TPSA) is 89.7 Å². The second-order valence-electron chi connectivity index (χ2n) is 4.27. The number of primary sulfonamides is 1. The number of carbonyl (C=O) groups excluding carboxylic acids is 1. The van der Waals surface area contributed by atoms with E-state index in [2.05, 4.69) is 0 Å². The minimum atomic E-state index is -4.00. The molecular formula is C13H19FN2O4S. The molecule has 0 bridgehead atoms. The highest BCUT2D eigenvalue weighted by molar-refractivity contribution is 7.89. The van der Waals surface area contributed by atoms with Crippen LogP contribution >= 0.6 is 0 Å². The molecule has 0 aromatic heterocycles. The Morgan fingerprint density at radius 1 is 1.38 bits per heavy atom. The predicted octanol–water partition coefficient (Wildman–Crippen LogP) is 0.972. The summed E-state index contributed by atoms with van der Waals surface area (Å²) in [4.78, 5) is 13.3. The number of likely N-dealkylation sites (N-methyl/N-ethyl adjacent to an activating group) is 1. The zero-order chi connectivity index (χ0) is 16.0. The van der Waals surface area contributed by atoms with Gasteiger partial charge in [-0.05, 0) is 32.0 Å². The summed E-state index contributed by atoms with van der Waals surface area (Å²) < 4.78 is 41.3. The summed E-state index contributed by atoms with van der Waals surface area (Å²) in [6.45, 7) is 5.21. The Hall–Kier alpha value is -1.51. The van der Waals surface area contributed by atoms with Gasteiger partial charge in [0.15, 0.2) is 0 Å². The van der Waals surface area contributed by atoms with E-state index < -0.39 is 21.7 Å². The third-order valence-electron chi connectivity index (χ3n) is 2.88. The van der Waals surface area contributed by atoms with Crippen LogP contribution in [0.3, 0.4) is 0 Å². The maximum atomic E-state index is 13.9. The molecule has 0 unspecified atom stereocenters. The van der Waals surface area contributed by atoms with Crippen LogP contribution in [0.5, 0.6) is 0 Å². The largest absolute Gasteiger partial charge is 0.380 e. The van der Waals surface area contributed by atoms with Gasteiger partial charge in [-0.15, -0.1) is 0 Å². The van der Waals surface area contributed by atoms with Crippen LogP contribution in [0.1, 0.15) is 24.2 Å². The Labute approximate surface area is 123 Å². The van der Waals surface area contributed by atoms with Crippen molar-refractivity contribution in [3.63, 3.8) is 0 Å². The van der Waals surface area contributed by atoms with Gasteiger partial charge in [0.25, 0.3) is 5.91 Å². The molecule has 0 aliphatic carbocycles.